The molecule has 1 aliphatic heterocycles. The van der Waals surface area contributed by atoms with Gasteiger partial charge < -0.3 is 4.90 Å². The molecule has 0 radical (unpaired) electrons. The van der Waals surface area contributed by atoms with Gasteiger partial charge in [-0.05, 0) is 7.05 Å². The van der Waals surface area contributed by atoms with E-state index in [9.17, 15) is 8.42 Å². The molecular formula is C4H10N2O2S. The summed E-state index contributed by atoms with van der Waals surface area (Å²) in [5.41, 5.74) is 0. The number of rotatable bonds is 1. The van der Waals surface area contributed by atoms with Crippen molar-refractivity contribution in [1.29, 1.82) is 0 Å². The second-order valence-electron chi connectivity index (χ2n) is 2.43. The molecule has 0 aromatic heterocycles. The lowest BCUT2D eigenvalue weighted by Crippen LogP contribution is -2.54. The highest BCUT2D eigenvalue weighted by Crippen LogP contribution is 2.09. The fourth-order valence-corrected chi connectivity index (χ4v) is 1.77. The van der Waals surface area contributed by atoms with Gasteiger partial charge in [-0.1, -0.05) is 0 Å². The van der Waals surface area contributed by atoms with Gasteiger partial charge >= 0.3 is 0 Å². The summed E-state index contributed by atoms with van der Waals surface area (Å²) in [6.07, 6.45) is 0. The molecule has 9 heavy (non-hydrogen) atoms. The van der Waals surface area contributed by atoms with Crippen LogP contribution in [0.3, 0.4) is 0 Å². The van der Waals surface area contributed by atoms with Gasteiger partial charge in [0.1, 0.15) is 5.25 Å². The van der Waals surface area contributed by atoms with E-state index >= 15 is 0 Å². The summed E-state index contributed by atoms with van der Waals surface area (Å²) in [6.45, 7) is 1.16. The summed E-state index contributed by atoms with van der Waals surface area (Å²) in [5.74, 6) is 0. The first kappa shape index (κ1) is 6.98. The van der Waals surface area contributed by atoms with Crippen LogP contribution in [0.25, 0.3) is 0 Å². The molecule has 5 heteroatoms. The van der Waals surface area contributed by atoms with Crippen molar-refractivity contribution in [1.82, 2.24) is 4.90 Å². The molecule has 0 aliphatic carbocycles. The number of likely N-dealkylation sites (tertiary alicyclic amines) is 1. The molecule has 1 heterocycles. The summed E-state index contributed by atoms with van der Waals surface area (Å²) in [4.78, 5) is 1.91. The molecule has 0 spiro atoms. The van der Waals surface area contributed by atoms with Gasteiger partial charge in [-0.15, -0.1) is 0 Å². The average molecular weight is 150 g/mol. The van der Waals surface area contributed by atoms with Crippen LogP contribution in [0.5, 0.6) is 0 Å². The van der Waals surface area contributed by atoms with Gasteiger partial charge in [-0.25, -0.2) is 13.6 Å². The number of primary sulfonamides is 1. The van der Waals surface area contributed by atoms with Gasteiger partial charge in [0.05, 0.1) is 0 Å². The lowest BCUT2D eigenvalue weighted by molar-refractivity contribution is 0.232. The molecule has 0 atom stereocenters. The molecule has 1 rings (SSSR count). The quantitative estimate of drug-likeness (QED) is 0.499. The first-order valence-corrected chi connectivity index (χ1v) is 4.31. The van der Waals surface area contributed by atoms with Crippen LogP contribution in [0.15, 0.2) is 0 Å². The monoisotopic (exact) mass is 150 g/mol. The maximum absolute atomic E-state index is 10.5. The van der Waals surface area contributed by atoms with E-state index in [0.717, 1.165) is 0 Å². The molecule has 1 aliphatic rings. The molecule has 1 saturated heterocycles. The Bertz CT molecular complexity index is 193. The van der Waals surface area contributed by atoms with Crippen molar-refractivity contribution in [3.8, 4) is 0 Å². The van der Waals surface area contributed by atoms with Crippen molar-refractivity contribution in [3.05, 3.63) is 0 Å². The highest BCUT2D eigenvalue weighted by Gasteiger charge is 2.32. The highest BCUT2D eigenvalue weighted by molar-refractivity contribution is 7.89. The van der Waals surface area contributed by atoms with Crippen LogP contribution in [0.1, 0.15) is 0 Å². The standard InChI is InChI=1S/C4H10N2O2S/c1-6-2-4(3-6)9(5,7)8/h4H,2-3H2,1H3,(H2,5,7,8). The van der Waals surface area contributed by atoms with Crippen molar-refractivity contribution in [2.24, 2.45) is 5.14 Å². The Morgan fingerprint density at radius 3 is 2.11 bits per heavy atom. The van der Waals surface area contributed by atoms with E-state index in [1.165, 1.54) is 0 Å². The average Bonchev–Trinajstić information content (AvgIpc) is 1.55. The van der Waals surface area contributed by atoms with Crippen LogP contribution < -0.4 is 5.14 Å². The van der Waals surface area contributed by atoms with Crippen molar-refractivity contribution in [2.45, 2.75) is 5.25 Å². The summed E-state index contributed by atoms with van der Waals surface area (Å²) in [5, 5.41) is 4.53. The number of sulfonamides is 1. The van der Waals surface area contributed by atoms with E-state index in [-0.39, 0.29) is 5.25 Å². The third-order valence-electron chi connectivity index (χ3n) is 1.50. The topological polar surface area (TPSA) is 63.4 Å². The van der Waals surface area contributed by atoms with E-state index in [4.69, 9.17) is 5.14 Å². The molecule has 0 unspecified atom stereocenters. The third kappa shape index (κ3) is 1.41. The fourth-order valence-electron chi connectivity index (χ4n) is 0.850. The van der Waals surface area contributed by atoms with E-state index < -0.39 is 10.0 Å². The van der Waals surface area contributed by atoms with Crippen molar-refractivity contribution >= 4 is 10.0 Å². The Kier molecular flexibility index (Phi) is 1.50. The molecule has 0 bridgehead atoms. The molecule has 2 N–H and O–H groups in total. The maximum Gasteiger partial charge on any atom is 0.214 e. The van der Waals surface area contributed by atoms with Gasteiger partial charge in [-0.2, -0.15) is 0 Å². The molecule has 0 aromatic carbocycles. The van der Waals surface area contributed by atoms with Gasteiger partial charge in [-0.3, -0.25) is 0 Å². The van der Waals surface area contributed by atoms with E-state index in [1.54, 1.807) is 0 Å². The minimum absolute atomic E-state index is 0.317. The second-order valence-corrected chi connectivity index (χ2v) is 4.28. The molecule has 1 fully saturated rings. The van der Waals surface area contributed by atoms with Gasteiger partial charge in [0.2, 0.25) is 10.0 Å². The Hall–Kier alpha value is -0.130. The van der Waals surface area contributed by atoms with Gasteiger partial charge in [0.25, 0.3) is 0 Å². The minimum atomic E-state index is -3.24. The van der Waals surface area contributed by atoms with Crippen LogP contribution in [-0.2, 0) is 10.0 Å². The molecular weight excluding hydrogens is 140 g/mol. The van der Waals surface area contributed by atoms with Crippen LogP contribution in [-0.4, -0.2) is 38.7 Å². The van der Waals surface area contributed by atoms with E-state index in [0.29, 0.717) is 13.1 Å². The molecule has 4 nitrogen and oxygen atoms in total. The summed E-state index contributed by atoms with van der Waals surface area (Å²) < 4.78 is 21.0. The number of hydrogen-bond acceptors (Lipinski definition) is 3. The summed E-state index contributed by atoms with van der Waals surface area (Å²) in [7, 11) is -1.38. The largest absolute Gasteiger partial charge is 0.304 e. The van der Waals surface area contributed by atoms with Gasteiger partial charge in [0.15, 0.2) is 0 Å². The molecule has 0 aromatic rings. The van der Waals surface area contributed by atoms with Crippen LogP contribution >= 0.6 is 0 Å². The highest BCUT2D eigenvalue weighted by atomic mass is 32.2. The number of nitrogens with zero attached hydrogens (tertiary/aromatic N) is 1. The first-order valence-electron chi connectivity index (χ1n) is 2.70. The van der Waals surface area contributed by atoms with E-state index in [1.807, 2.05) is 11.9 Å². The minimum Gasteiger partial charge on any atom is -0.304 e. The van der Waals surface area contributed by atoms with Crippen LogP contribution in [0.2, 0.25) is 0 Å². The Morgan fingerprint density at radius 1 is 1.56 bits per heavy atom. The van der Waals surface area contributed by atoms with Crippen LogP contribution in [0.4, 0.5) is 0 Å². The first-order chi connectivity index (χ1) is 4.00. The Balaban J connectivity index is 2.51. The number of nitrogens with two attached hydrogens (primary N) is 1. The van der Waals surface area contributed by atoms with Crippen molar-refractivity contribution in [3.63, 3.8) is 0 Å². The van der Waals surface area contributed by atoms with Crippen molar-refractivity contribution < 1.29 is 8.42 Å². The maximum atomic E-state index is 10.5. The van der Waals surface area contributed by atoms with Crippen LogP contribution in [0, 0.1) is 0 Å². The molecule has 0 amide bonds. The second kappa shape index (κ2) is 1.93. The fraction of sp³-hybridized carbons (Fsp3) is 1.00. The Labute approximate surface area is 54.7 Å². The number of hydrogen-bond donors (Lipinski definition) is 1. The predicted octanol–water partition coefficient (Wildman–Crippen LogP) is -1.41. The predicted molar refractivity (Wildman–Crippen MR) is 34.4 cm³/mol. The normalized spacial score (nSPS) is 23.8. The lowest BCUT2D eigenvalue weighted by atomic mass is 10.2. The SMILES string of the molecule is CN1CC(S(N)(=O)=O)C1. The summed E-state index contributed by atoms with van der Waals surface area (Å²) in [6, 6.07) is 0. The summed E-state index contributed by atoms with van der Waals surface area (Å²) >= 11 is 0. The van der Waals surface area contributed by atoms with E-state index in [2.05, 4.69) is 0 Å². The zero-order chi connectivity index (χ0) is 7.07. The molecule has 0 saturated carbocycles. The Morgan fingerprint density at radius 2 is 2.00 bits per heavy atom. The van der Waals surface area contributed by atoms with Gasteiger partial charge in [0, 0.05) is 13.1 Å². The molecule has 54 valence electrons. The van der Waals surface area contributed by atoms with Crippen molar-refractivity contribution in [2.75, 3.05) is 20.1 Å². The zero-order valence-electron chi connectivity index (χ0n) is 5.24. The third-order valence-corrected chi connectivity index (χ3v) is 2.72. The zero-order valence-corrected chi connectivity index (χ0v) is 6.06. The smallest absolute Gasteiger partial charge is 0.214 e. The lowest BCUT2D eigenvalue weighted by Gasteiger charge is -2.33.